The van der Waals surface area contributed by atoms with Crippen molar-refractivity contribution in [3.63, 3.8) is 0 Å². The number of hydrogen-bond donors (Lipinski definition) is 2. The highest BCUT2D eigenvalue weighted by Crippen LogP contribution is 2.39. The summed E-state index contributed by atoms with van der Waals surface area (Å²) in [5.74, 6) is 5.55. The molecule has 1 aromatic rings. The van der Waals surface area contributed by atoms with E-state index in [0.29, 0.717) is 30.5 Å². The van der Waals surface area contributed by atoms with E-state index in [0.717, 1.165) is 6.07 Å². The van der Waals surface area contributed by atoms with E-state index in [4.69, 9.17) is 10.6 Å². The van der Waals surface area contributed by atoms with Crippen LogP contribution >= 0.6 is 15.9 Å². The van der Waals surface area contributed by atoms with Crippen LogP contribution in [-0.4, -0.2) is 13.2 Å². The molecule has 2 rings (SSSR count). The molecule has 0 bridgehead atoms. The van der Waals surface area contributed by atoms with Crippen molar-refractivity contribution in [1.82, 2.24) is 5.43 Å². The number of ether oxygens (including phenoxy) is 1. The normalized spacial score (nSPS) is 19.1. The summed E-state index contributed by atoms with van der Waals surface area (Å²) < 4.78 is 45.2. The zero-order valence-corrected chi connectivity index (χ0v) is 12.3. The van der Waals surface area contributed by atoms with Crippen LogP contribution in [0.25, 0.3) is 0 Å². The second-order valence-corrected chi connectivity index (χ2v) is 5.74. The molecule has 1 aliphatic heterocycles. The molecule has 0 saturated carbocycles. The fraction of sp³-hybridized carbons (Fsp3) is 0.538. The lowest BCUT2D eigenvalue weighted by Crippen LogP contribution is -2.37. The van der Waals surface area contributed by atoms with Crippen LogP contribution < -0.4 is 11.3 Å². The highest BCUT2D eigenvalue weighted by atomic mass is 79.9. The minimum absolute atomic E-state index is 0.0380. The minimum Gasteiger partial charge on any atom is -0.381 e. The highest BCUT2D eigenvalue weighted by molar-refractivity contribution is 9.10. The standard InChI is InChI=1S/C13H16BrF3N2O/c14-9-1-2-10(11(7-9)13(15,16)17)12(19-18)8-3-5-20-6-4-8/h1-2,7-8,12,19H,3-6,18H2. The number of hydrogen-bond acceptors (Lipinski definition) is 3. The molecule has 0 aromatic heterocycles. The molecule has 112 valence electrons. The average molecular weight is 353 g/mol. The third kappa shape index (κ3) is 3.52. The van der Waals surface area contributed by atoms with Crippen LogP contribution in [0.2, 0.25) is 0 Å². The fourth-order valence-corrected chi connectivity index (χ4v) is 2.94. The van der Waals surface area contributed by atoms with Crippen LogP contribution in [0.1, 0.15) is 30.0 Å². The van der Waals surface area contributed by atoms with Crippen LogP contribution in [0.15, 0.2) is 22.7 Å². The van der Waals surface area contributed by atoms with Gasteiger partial charge in [0.1, 0.15) is 0 Å². The molecule has 0 radical (unpaired) electrons. The summed E-state index contributed by atoms with van der Waals surface area (Å²) in [6.45, 7) is 1.11. The van der Waals surface area contributed by atoms with Crippen molar-refractivity contribution in [3.8, 4) is 0 Å². The number of benzene rings is 1. The second kappa shape index (κ2) is 6.43. The largest absolute Gasteiger partial charge is 0.416 e. The number of hydrazine groups is 1. The van der Waals surface area contributed by atoms with E-state index in [2.05, 4.69) is 21.4 Å². The van der Waals surface area contributed by atoms with Gasteiger partial charge in [-0.3, -0.25) is 11.3 Å². The Kier molecular flexibility index (Phi) is 5.06. The van der Waals surface area contributed by atoms with Crippen molar-refractivity contribution in [3.05, 3.63) is 33.8 Å². The number of nitrogens with one attached hydrogen (secondary N) is 1. The Morgan fingerprint density at radius 1 is 1.30 bits per heavy atom. The van der Waals surface area contributed by atoms with Gasteiger partial charge in [-0.25, -0.2) is 0 Å². The molecule has 20 heavy (non-hydrogen) atoms. The Hall–Kier alpha value is -0.630. The summed E-state index contributed by atoms with van der Waals surface area (Å²) in [4.78, 5) is 0. The van der Waals surface area contributed by atoms with Gasteiger partial charge in [-0.2, -0.15) is 13.2 Å². The second-order valence-electron chi connectivity index (χ2n) is 4.82. The van der Waals surface area contributed by atoms with Gasteiger partial charge >= 0.3 is 6.18 Å². The summed E-state index contributed by atoms with van der Waals surface area (Å²) in [5, 5.41) is 0. The van der Waals surface area contributed by atoms with Gasteiger partial charge in [-0.1, -0.05) is 22.0 Å². The molecule has 1 fully saturated rings. The van der Waals surface area contributed by atoms with E-state index < -0.39 is 17.8 Å². The first-order chi connectivity index (χ1) is 9.43. The molecule has 0 aliphatic carbocycles. The van der Waals surface area contributed by atoms with E-state index in [-0.39, 0.29) is 11.5 Å². The monoisotopic (exact) mass is 352 g/mol. The molecule has 7 heteroatoms. The number of rotatable bonds is 3. The lowest BCUT2D eigenvalue weighted by molar-refractivity contribution is -0.138. The molecule has 3 nitrogen and oxygen atoms in total. The van der Waals surface area contributed by atoms with E-state index in [9.17, 15) is 13.2 Å². The highest BCUT2D eigenvalue weighted by Gasteiger charge is 2.37. The van der Waals surface area contributed by atoms with Crippen LogP contribution in [0.4, 0.5) is 13.2 Å². The SMILES string of the molecule is NNC(c1ccc(Br)cc1C(F)(F)F)C1CCOCC1. The van der Waals surface area contributed by atoms with Crippen LogP contribution in [0, 0.1) is 5.92 Å². The van der Waals surface area contributed by atoms with Gasteiger partial charge in [0.2, 0.25) is 0 Å². The van der Waals surface area contributed by atoms with Crippen molar-refractivity contribution in [2.45, 2.75) is 25.1 Å². The molecule has 1 atom stereocenters. The Labute approximate surface area is 123 Å². The lowest BCUT2D eigenvalue weighted by Gasteiger charge is -2.31. The Morgan fingerprint density at radius 3 is 2.50 bits per heavy atom. The van der Waals surface area contributed by atoms with E-state index in [1.165, 1.54) is 6.07 Å². The molecular weight excluding hydrogens is 337 g/mol. The van der Waals surface area contributed by atoms with Gasteiger partial charge in [-0.15, -0.1) is 0 Å². The Bertz CT molecular complexity index is 461. The number of alkyl halides is 3. The predicted molar refractivity (Wildman–Crippen MR) is 72.8 cm³/mol. The molecule has 0 amide bonds. The number of halogens is 4. The van der Waals surface area contributed by atoms with Gasteiger partial charge in [0, 0.05) is 23.7 Å². The van der Waals surface area contributed by atoms with Crippen LogP contribution in [0.3, 0.4) is 0 Å². The lowest BCUT2D eigenvalue weighted by atomic mass is 9.85. The van der Waals surface area contributed by atoms with E-state index >= 15 is 0 Å². The van der Waals surface area contributed by atoms with Crippen LogP contribution in [0.5, 0.6) is 0 Å². The van der Waals surface area contributed by atoms with Crippen molar-refractivity contribution in [1.29, 1.82) is 0 Å². The van der Waals surface area contributed by atoms with Gasteiger partial charge in [0.25, 0.3) is 0 Å². The molecule has 3 N–H and O–H groups in total. The maximum Gasteiger partial charge on any atom is 0.416 e. The first-order valence-corrected chi connectivity index (χ1v) is 7.13. The summed E-state index contributed by atoms with van der Waals surface area (Å²) in [6.07, 6.45) is -3.01. The molecule has 0 spiro atoms. The summed E-state index contributed by atoms with van der Waals surface area (Å²) in [5.41, 5.74) is 2.09. The molecule has 1 saturated heterocycles. The van der Waals surface area contributed by atoms with Crippen LogP contribution in [-0.2, 0) is 10.9 Å². The first kappa shape index (κ1) is 15.8. The maximum absolute atomic E-state index is 13.2. The zero-order chi connectivity index (χ0) is 14.8. The van der Waals surface area contributed by atoms with Gasteiger partial charge < -0.3 is 4.74 Å². The smallest absolute Gasteiger partial charge is 0.381 e. The van der Waals surface area contributed by atoms with Crippen molar-refractivity contribution in [2.24, 2.45) is 11.8 Å². The first-order valence-electron chi connectivity index (χ1n) is 6.34. The fourth-order valence-electron chi connectivity index (χ4n) is 2.57. The van der Waals surface area contributed by atoms with E-state index in [1.807, 2.05) is 0 Å². The summed E-state index contributed by atoms with van der Waals surface area (Å²) in [7, 11) is 0. The summed E-state index contributed by atoms with van der Waals surface area (Å²) >= 11 is 3.08. The molecule has 1 unspecified atom stereocenters. The average Bonchev–Trinajstić information content (AvgIpc) is 2.41. The minimum atomic E-state index is -4.40. The molecule has 1 aliphatic rings. The third-order valence-corrected chi connectivity index (χ3v) is 4.07. The van der Waals surface area contributed by atoms with E-state index in [1.54, 1.807) is 6.07 Å². The van der Waals surface area contributed by atoms with Crippen molar-refractivity contribution < 1.29 is 17.9 Å². The van der Waals surface area contributed by atoms with Crippen molar-refractivity contribution in [2.75, 3.05) is 13.2 Å². The predicted octanol–water partition coefficient (Wildman–Crippen LogP) is 3.40. The Balaban J connectivity index is 2.38. The topological polar surface area (TPSA) is 47.3 Å². The molecule has 1 aromatic carbocycles. The quantitative estimate of drug-likeness (QED) is 0.647. The number of nitrogens with two attached hydrogens (primary N) is 1. The summed E-state index contributed by atoms with van der Waals surface area (Å²) in [6, 6.07) is 3.66. The van der Waals surface area contributed by atoms with Gasteiger partial charge in [0.15, 0.2) is 0 Å². The van der Waals surface area contributed by atoms with Gasteiger partial charge in [0.05, 0.1) is 5.56 Å². The third-order valence-electron chi connectivity index (χ3n) is 3.57. The zero-order valence-electron chi connectivity index (χ0n) is 10.7. The Morgan fingerprint density at radius 2 is 1.95 bits per heavy atom. The van der Waals surface area contributed by atoms with Crippen molar-refractivity contribution >= 4 is 15.9 Å². The molecular formula is C13H16BrF3N2O. The van der Waals surface area contributed by atoms with Gasteiger partial charge in [-0.05, 0) is 36.5 Å². The molecule has 1 heterocycles. The maximum atomic E-state index is 13.2.